The van der Waals surface area contributed by atoms with Crippen LogP contribution in [-0.4, -0.2) is 80.8 Å². The zero-order chi connectivity index (χ0) is 27.6. The predicted octanol–water partition coefficient (Wildman–Crippen LogP) is 3.75. The topological polar surface area (TPSA) is 122 Å². The summed E-state index contributed by atoms with van der Waals surface area (Å²) in [7, 11) is 0. The number of thiazole rings is 1. The minimum Gasteiger partial charge on any atom is -0.475 e. The number of halogens is 6. The molecule has 4 rings (SSSR count). The molecule has 2 fully saturated rings. The van der Waals surface area contributed by atoms with E-state index in [1.807, 2.05) is 36.0 Å². The molecule has 0 spiro atoms. The van der Waals surface area contributed by atoms with Crippen LogP contribution in [0.25, 0.3) is 0 Å². The van der Waals surface area contributed by atoms with Gasteiger partial charge >= 0.3 is 24.3 Å². The van der Waals surface area contributed by atoms with Crippen LogP contribution < -0.4 is 0 Å². The highest BCUT2D eigenvalue weighted by Gasteiger charge is 2.43. The van der Waals surface area contributed by atoms with Gasteiger partial charge in [0.2, 0.25) is 0 Å². The van der Waals surface area contributed by atoms with Crippen LogP contribution in [0.2, 0.25) is 0 Å². The third-order valence-corrected chi connectivity index (χ3v) is 5.89. The van der Waals surface area contributed by atoms with Crippen molar-refractivity contribution in [3.8, 4) is 0 Å². The molecular formula is C21H23F6N3O6S. The fraction of sp³-hybridized carbons (Fsp3) is 0.524. The van der Waals surface area contributed by atoms with E-state index in [0.717, 1.165) is 38.2 Å². The second-order valence-corrected chi connectivity index (χ2v) is 8.63. The van der Waals surface area contributed by atoms with Gasteiger partial charge in [-0.3, -0.25) is 9.88 Å². The highest BCUT2D eigenvalue weighted by atomic mass is 32.1. The number of pyridine rings is 1. The van der Waals surface area contributed by atoms with Crippen molar-refractivity contribution >= 4 is 23.3 Å². The average molecular weight is 559 g/mol. The van der Waals surface area contributed by atoms with Gasteiger partial charge in [-0.25, -0.2) is 14.6 Å². The van der Waals surface area contributed by atoms with Crippen molar-refractivity contribution in [2.75, 3.05) is 13.2 Å². The number of morpholine rings is 1. The van der Waals surface area contributed by atoms with Crippen molar-refractivity contribution in [3.63, 3.8) is 0 Å². The van der Waals surface area contributed by atoms with Crippen molar-refractivity contribution in [1.82, 2.24) is 14.9 Å². The molecule has 1 aliphatic heterocycles. The number of aliphatic carboxylic acids is 2. The van der Waals surface area contributed by atoms with Crippen LogP contribution in [0.5, 0.6) is 0 Å². The summed E-state index contributed by atoms with van der Waals surface area (Å²) in [5.41, 5.74) is 0.978. The van der Waals surface area contributed by atoms with Gasteiger partial charge < -0.3 is 19.7 Å². The lowest BCUT2D eigenvalue weighted by atomic mass is 10.1. The van der Waals surface area contributed by atoms with Crippen LogP contribution >= 0.6 is 11.3 Å². The smallest absolute Gasteiger partial charge is 0.475 e. The number of ether oxygens (including phenoxy) is 2. The number of rotatable bonds is 5. The predicted molar refractivity (Wildman–Crippen MR) is 115 cm³/mol. The van der Waals surface area contributed by atoms with Gasteiger partial charge in [0.25, 0.3) is 0 Å². The molecule has 1 aliphatic carbocycles. The fourth-order valence-electron chi connectivity index (χ4n) is 3.55. The van der Waals surface area contributed by atoms with Gasteiger partial charge in [0.1, 0.15) is 5.01 Å². The molecule has 3 heterocycles. The first-order valence-electron chi connectivity index (χ1n) is 10.6. The molecule has 0 radical (unpaired) electrons. The molecular weight excluding hydrogens is 536 g/mol. The van der Waals surface area contributed by atoms with Crippen molar-refractivity contribution in [1.29, 1.82) is 0 Å². The van der Waals surface area contributed by atoms with E-state index in [9.17, 15) is 26.3 Å². The molecule has 1 saturated carbocycles. The monoisotopic (exact) mass is 559 g/mol. The van der Waals surface area contributed by atoms with Gasteiger partial charge in [-0.1, -0.05) is 6.07 Å². The number of hydrogen-bond donors (Lipinski definition) is 2. The van der Waals surface area contributed by atoms with Crippen molar-refractivity contribution in [3.05, 3.63) is 46.7 Å². The Hall–Kier alpha value is -2.82. The summed E-state index contributed by atoms with van der Waals surface area (Å²) in [6, 6.07) is 6.37. The molecule has 16 heteroatoms. The summed E-state index contributed by atoms with van der Waals surface area (Å²) >= 11 is 1.73. The van der Waals surface area contributed by atoms with Gasteiger partial charge in [0.15, 0.2) is 0 Å². The molecule has 2 aliphatic rings. The van der Waals surface area contributed by atoms with Gasteiger partial charge in [0, 0.05) is 30.4 Å². The zero-order valence-electron chi connectivity index (χ0n) is 19.0. The minimum absolute atomic E-state index is 0.168. The van der Waals surface area contributed by atoms with Crippen LogP contribution in [0.15, 0.2) is 36.0 Å². The molecule has 0 unspecified atom stereocenters. The Balaban J connectivity index is 0.000000286. The Bertz CT molecular complexity index is 953. The Morgan fingerprint density at radius 1 is 1.05 bits per heavy atom. The van der Waals surface area contributed by atoms with Gasteiger partial charge in [-0.05, 0) is 25.0 Å². The summed E-state index contributed by atoms with van der Waals surface area (Å²) in [4.78, 5) is 29.0. The molecule has 3 atom stereocenters. The summed E-state index contributed by atoms with van der Waals surface area (Å²) in [5, 5.41) is 17.5. The van der Waals surface area contributed by atoms with E-state index in [0.29, 0.717) is 12.6 Å². The summed E-state index contributed by atoms with van der Waals surface area (Å²) in [6.45, 7) is 3.24. The first kappa shape index (κ1) is 30.4. The molecule has 2 N–H and O–H groups in total. The fourth-order valence-corrected chi connectivity index (χ4v) is 4.19. The number of alkyl halides is 6. The lowest BCUT2D eigenvalue weighted by Gasteiger charge is -2.38. The lowest BCUT2D eigenvalue weighted by Crippen LogP contribution is -2.51. The van der Waals surface area contributed by atoms with Crippen LogP contribution in [0.1, 0.15) is 23.5 Å². The first-order chi connectivity index (χ1) is 17.3. The normalized spacial score (nSPS) is 21.6. The number of carboxylic acid groups (broad SMARTS) is 2. The highest BCUT2D eigenvalue weighted by molar-refractivity contribution is 7.09. The largest absolute Gasteiger partial charge is 0.490 e. The molecule has 0 bridgehead atoms. The van der Waals surface area contributed by atoms with Crippen molar-refractivity contribution < 1.29 is 55.6 Å². The van der Waals surface area contributed by atoms with Crippen LogP contribution in [0.4, 0.5) is 26.3 Å². The number of carboxylic acids is 2. The number of nitrogens with zero attached hydrogens (tertiary/aromatic N) is 3. The molecule has 1 saturated heterocycles. The Morgan fingerprint density at radius 2 is 1.70 bits per heavy atom. The maximum Gasteiger partial charge on any atom is 0.490 e. The van der Waals surface area contributed by atoms with E-state index in [1.54, 1.807) is 11.3 Å². The number of fused-ring (bicyclic) bond motifs is 1. The van der Waals surface area contributed by atoms with E-state index in [-0.39, 0.29) is 12.2 Å². The van der Waals surface area contributed by atoms with Crippen LogP contribution in [-0.2, 0) is 32.2 Å². The third kappa shape index (κ3) is 10.2. The van der Waals surface area contributed by atoms with E-state index in [2.05, 4.69) is 14.9 Å². The Labute approximate surface area is 210 Å². The summed E-state index contributed by atoms with van der Waals surface area (Å²) < 4.78 is 75.6. The Morgan fingerprint density at radius 3 is 2.22 bits per heavy atom. The van der Waals surface area contributed by atoms with Crippen molar-refractivity contribution in [2.45, 2.75) is 56.6 Å². The molecule has 37 heavy (non-hydrogen) atoms. The quantitative estimate of drug-likeness (QED) is 0.528. The standard InChI is InChI=1S/C17H21N3O2S.2C2HF3O2/c1-2-6-18-13(3-1)12-22-15-5-4-14-17(15)21-9-8-20(14)11-16-19-7-10-23-16;2*3-2(4,5)1(6)7/h1-3,6-7,10,14-15,17H,4-5,8-9,11-12H2;2*(H,6,7)/t14-,15-,17+;;/m0../s1. The zero-order valence-corrected chi connectivity index (χ0v) is 19.8. The summed E-state index contributed by atoms with van der Waals surface area (Å²) in [6.07, 6.45) is -3.96. The maximum atomic E-state index is 10.6. The first-order valence-corrected chi connectivity index (χ1v) is 11.5. The van der Waals surface area contributed by atoms with E-state index in [4.69, 9.17) is 29.3 Å². The molecule has 206 valence electrons. The molecule has 2 aromatic rings. The molecule has 0 amide bonds. The Kier molecular flexibility index (Phi) is 11.2. The van der Waals surface area contributed by atoms with Crippen LogP contribution in [0, 0.1) is 0 Å². The van der Waals surface area contributed by atoms with E-state index < -0.39 is 24.3 Å². The minimum atomic E-state index is -5.08. The van der Waals surface area contributed by atoms with Gasteiger partial charge in [0.05, 0.1) is 37.7 Å². The van der Waals surface area contributed by atoms with E-state index in [1.165, 1.54) is 5.01 Å². The van der Waals surface area contributed by atoms with E-state index >= 15 is 0 Å². The number of carbonyl (C=O) groups is 2. The maximum absolute atomic E-state index is 10.6. The molecule has 2 aromatic heterocycles. The van der Waals surface area contributed by atoms with Gasteiger partial charge in [-0.2, -0.15) is 26.3 Å². The van der Waals surface area contributed by atoms with Gasteiger partial charge in [-0.15, -0.1) is 11.3 Å². The van der Waals surface area contributed by atoms with Crippen LogP contribution in [0.3, 0.4) is 0 Å². The highest BCUT2D eigenvalue weighted by Crippen LogP contribution is 2.33. The number of aromatic nitrogens is 2. The molecule has 9 nitrogen and oxygen atoms in total. The summed E-state index contributed by atoms with van der Waals surface area (Å²) in [5.74, 6) is -5.51. The third-order valence-electron chi connectivity index (χ3n) is 5.13. The lowest BCUT2D eigenvalue weighted by molar-refractivity contribution is -0.193. The second-order valence-electron chi connectivity index (χ2n) is 7.65. The van der Waals surface area contributed by atoms with Crippen molar-refractivity contribution in [2.24, 2.45) is 0 Å². The average Bonchev–Trinajstić information content (AvgIpc) is 3.48. The SMILES string of the molecule is O=C(O)C(F)(F)F.O=C(O)C(F)(F)F.c1ccc(CO[C@H]2CC[C@H]3[C@H]2OCCN3Cc2nccs2)nc1. The number of hydrogen-bond acceptors (Lipinski definition) is 8. The second kappa shape index (κ2) is 13.6. The molecule has 0 aromatic carbocycles.